The van der Waals surface area contributed by atoms with E-state index in [1.54, 1.807) is 0 Å². The normalized spacial score (nSPS) is 14.8. The van der Waals surface area contributed by atoms with Gasteiger partial charge in [0.05, 0.1) is 0 Å². The highest BCUT2D eigenvalue weighted by molar-refractivity contribution is 5.06. The van der Waals surface area contributed by atoms with Crippen LogP contribution >= 0.6 is 0 Å². The van der Waals surface area contributed by atoms with Crippen LogP contribution in [0.3, 0.4) is 0 Å². The molecule has 0 aliphatic heterocycles. The summed E-state index contributed by atoms with van der Waals surface area (Å²) in [6, 6.07) is 0. The molecule has 0 saturated heterocycles. The molecule has 2 heteroatoms. The van der Waals surface area contributed by atoms with Gasteiger partial charge in [0, 0.05) is 0 Å². The zero-order chi connectivity index (χ0) is 7.98. The first kappa shape index (κ1) is 9.24. The molecule has 0 aliphatic rings. The fraction of sp³-hybridized carbons (Fsp3) is 0.500. The first-order valence-electron chi connectivity index (χ1n) is 3.42. The van der Waals surface area contributed by atoms with Crippen LogP contribution in [0.2, 0.25) is 0 Å². The van der Waals surface area contributed by atoms with E-state index in [4.69, 9.17) is 10.2 Å². The van der Waals surface area contributed by atoms with Crippen LogP contribution in [0.1, 0.15) is 19.8 Å². The molecule has 1 unspecified atom stereocenters. The van der Waals surface area contributed by atoms with Gasteiger partial charge in [-0.05, 0) is 12.5 Å². The van der Waals surface area contributed by atoms with Crippen LogP contribution in [0, 0.1) is 0 Å². The Balaban J connectivity index is 3.80. The highest BCUT2D eigenvalue weighted by atomic mass is 16.3. The van der Waals surface area contributed by atoms with Crippen LogP contribution in [0.5, 0.6) is 0 Å². The molecule has 2 N–H and O–H groups in total. The first-order valence-corrected chi connectivity index (χ1v) is 3.42. The van der Waals surface area contributed by atoms with Crippen molar-refractivity contribution in [2.24, 2.45) is 0 Å². The van der Waals surface area contributed by atoms with Crippen LogP contribution in [0.15, 0.2) is 24.5 Å². The Labute approximate surface area is 61.5 Å². The Hall–Kier alpha value is -0.760. The summed E-state index contributed by atoms with van der Waals surface area (Å²) in [4.78, 5) is 0. The molecule has 0 spiro atoms. The van der Waals surface area contributed by atoms with Gasteiger partial charge in [0.1, 0.15) is 11.9 Å². The highest BCUT2D eigenvalue weighted by Gasteiger charge is 2.05. The molecule has 2 nitrogen and oxygen atoms in total. The van der Waals surface area contributed by atoms with Crippen molar-refractivity contribution < 1.29 is 10.2 Å². The molecule has 0 aromatic carbocycles. The van der Waals surface area contributed by atoms with E-state index in [1.807, 2.05) is 6.92 Å². The van der Waals surface area contributed by atoms with E-state index in [9.17, 15) is 0 Å². The monoisotopic (exact) mass is 142 g/mol. The van der Waals surface area contributed by atoms with Gasteiger partial charge in [0.2, 0.25) is 0 Å². The van der Waals surface area contributed by atoms with E-state index in [-0.39, 0.29) is 5.76 Å². The predicted molar refractivity (Wildman–Crippen MR) is 41.8 cm³/mol. The van der Waals surface area contributed by atoms with Gasteiger partial charge >= 0.3 is 0 Å². The van der Waals surface area contributed by atoms with Crippen molar-refractivity contribution in [3.63, 3.8) is 0 Å². The lowest BCUT2D eigenvalue weighted by atomic mass is 10.2. The molecule has 10 heavy (non-hydrogen) atoms. The minimum atomic E-state index is -0.719. The van der Waals surface area contributed by atoms with Crippen molar-refractivity contribution in [1.82, 2.24) is 0 Å². The van der Waals surface area contributed by atoms with Crippen molar-refractivity contribution in [2.45, 2.75) is 25.9 Å². The van der Waals surface area contributed by atoms with Gasteiger partial charge in [0.25, 0.3) is 0 Å². The van der Waals surface area contributed by atoms with Crippen LogP contribution < -0.4 is 0 Å². The summed E-state index contributed by atoms with van der Waals surface area (Å²) in [6.45, 7) is 5.34. The topological polar surface area (TPSA) is 40.5 Å². The zero-order valence-electron chi connectivity index (χ0n) is 6.25. The van der Waals surface area contributed by atoms with Gasteiger partial charge < -0.3 is 10.2 Å². The van der Waals surface area contributed by atoms with Gasteiger partial charge in [-0.1, -0.05) is 26.0 Å². The average Bonchev–Trinajstić information content (AvgIpc) is 1.89. The van der Waals surface area contributed by atoms with Gasteiger partial charge in [-0.2, -0.15) is 0 Å². The molecule has 0 rings (SSSR count). The summed E-state index contributed by atoms with van der Waals surface area (Å²) >= 11 is 0. The molecular formula is C8H14O2. The van der Waals surface area contributed by atoms with E-state index in [0.717, 1.165) is 6.42 Å². The number of allylic oxidation sites excluding steroid dienone is 2. The second kappa shape index (κ2) is 5.06. The highest BCUT2D eigenvalue weighted by Crippen LogP contribution is 2.04. The summed E-state index contributed by atoms with van der Waals surface area (Å²) in [5.41, 5.74) is 0. The largest absolute Gasteiger partial charge is 0.510 e. The lowest BCUT2D eigenvalue weighted by Gasteiger charge is -2.06. The molecule has 0 amide bonds. The summed E-state index contributed by atoms with van der Waals surface area (Å²) in [7, 11) is 0. The number of hydrogen-bond donors (Lipinski definition) is 2. The van der Waals surface area contributed by atoms with Gasteiger partial charge in [0.15, 0.2) is 0 Å². The molecular weight excluding hydrogens is 128 g/mol. The Morgan fingerprint density at radius 1 is 1.70 bits per heavy atom. The molecule has 0 aliphatic carbocycles. The third kappa shape index (κ3) is 3.30. The third-order valence-electron chi connectivity index (χ3n) is 1.19. The smallest absolute Gasteiger partial charge is 0.121 e. The zero-order valence-corrected chi connectivity index (χ0v) is 6.25. The predicted octanol–water partition coefficient (Wildman–Crippen LogP) is 1.78. The fourth-order valence-electron chi connectivity index (χ4n) is 0.653. The Bertz CT molecular complexity index is 127. The van der Waals surface area contributed by atoms with Crippen molar-refractivity contribution in [3.05, 3.63) is 24.5 Å². The molecule has 0 aromatic rings. The van der Waals surface area contributed by atoms with Crippen LogP contribution in [0.4, 0.5) is 0 Å². The van der Waals surface area contributed by atoms with Crippen molar-refractivity contribution in [1.29, 1.82) is 0 Å². The summed E-state index contributed by atoms with van der Waals surface area (Å²) in [5.74, 6) is -0.00292. The van der Waals surface area contributed by atoms with Crippen LogP contribution in [-0.2, 0) is 0 Å². The quantitative estimate of drug-likeness (QED) is 0.464. The van der Waals surface area contributed by atoms with Crippen molar-refractivity contribution in [3.8, 4) is 0 Å². The maximum Gasteiger partial charge on any atom is 0.121 e. The molecule has 0 bridgehead atoms. The van der Waals surface area contributed by atoms with E-state index in [0.29, 0.717) is 6.42 Å². The number of rotatable bonds is 4. The van der Waals surface area contributed by atoms with E-state index < -0.39 is 6.10 Å². The lowest BCUT2D eigenvalue weighted by Crippen LogP contribution is -2.08. The van der Waals surface area contributed by atoms with E-state index in [1.165, 1.54) is 12.2 Å². The standard InChI is InChI=1S/C8H14O2/c1-3-5-7(9)8(10)6-4-2/h3,5,8-10H,1,4,6H2,2H3/b7-5-. The molecule has 58 valence electrons. The molecule has 0 radical (unpaired) electrons. The minimum Gasteiger partial charge on any atom is -0.510 e. The summed E-state index contributed by atoms with van der Waals surface area (Å²) < 4.78 is 0. The number of aliphatic hydroxyl groups excluding tert-OH is 2. The maximum absolute atomic E-state index is 9.08. The molecule has 0 fully saturated rings. The first-order chi connectivity index (χ1) is 4.72. The second-order valence-electron chi connectivity index (χ2n) is 2.13. The van der Waals surface area contributed by atoms with E-state index in [2.05, 4.69) is 6.58 Å². The molecule has 0 saturated carbocycles. The second-order valence-corrected chi connectivity index (χ2v) is 2.13. The molecule has 0 heterocycles. The SMILES string of the molecule is C=C/C=C(\O)C(O)CCC. The number of hydrogen-bond acceptors (Lipinski definition) is 2. The fourth-order valence-corrected chi connectivity index (χ4v) is 0.653. The van der Waals surface area contributed by atoms with E-state index >= 15 is 0 Å². The van der Waals surface area contributed by atoms with Gasteiger partial charge in [-0.25, -0.2) is 0 Å². The molecule has 1 atom stereocenters. The average molecular weight is 142 g/mol. The third-order valence-corrected chi connectivity index (χ3v) is 1.19. The minimum absolute atomic E-state index is 0.00292. The summed E-state index contributed by atoms with van der Waals surface area (Å²) in [5, 5.41) is 18.1. The van der Waals surface area contributed by atoms with Gasteiger partial charge in [-0.15, -0.1) is 0 Å². The Morgan fingerprint density at radius 2 is 2.30 bits per heavy atom. The van der Waals surface area contributed by atoms with Crippen molar-refractivity contribution in [2.75, 3.05) is 0 Å². The Kier molecular flexibility index (Phi) is 4.67. The Morgan fingerprint density at radius 3 is 2.70 bits per heavy atom. The van der Waals surface area contributed by atoms with Gasteiger partial charge in [-0.3, -0.25) is 0 Å². The van der Waals surface area contributed by atoms with Crippen molar-refractivity contribution >= 4 is 0 Å². The maximum atomic E-state index is 9.08. The lowest BCUT2D eigenvalue weighted by molar-refractivity contribution is 0.144. The van der Waals surface area contributed by atoms with Crippen LogP contribution in [0.25, 0.3) is 0 Å². The molecule has 0 aromatic heterocycles. The summed E-state index contributed by atoms with van der Waals surface area (Å²) in [6.07, 6.45) is 3.59. The number of aliphatic hydroxyl groups is 2. The van der Waals surface area contributed by atoms with Crippen LogP contribution in [-0.4, -0.2) is 16.3 Å².